The van der Waals surface area contributed by atoms with Gasteiger partial charge in [0.1, 0.15) is 5.82 Å². The highest BCUT2D eigenvalue weighted by atomic mass is 35.5. The minimum absolute atomic E-state index is 0.146. The van der Waals surface area contributed by atoms with E-state index in [1.54, 1.807) is 0 Å². The third-order valence-corrected chi connectivity index (χ3v) is 3.99. The summed E-state index contributed by atoms with van der Waals surface area (Å²) >= 11 is 6.18. The molecule has 1 heterocycles. The number of aromatic nitrogens is 2. The fourth-order valence-corrected chi connectivity index (χ4v) is 2.59. The molecule has 1 aromatic heterocycles. The molecule has 3 rings (SSSR count). The van der Waals surface area contributed by atoms with Crippen LogP contribution in [0.15, 0.2) is 48.5 Å². The average molecular weight is 343 g/mol. The molecule has 3 aromatic rings. The summed E-state index contributed by atoms with van der Waals surface area (Å²) in [7, 11) is 0. The van der Waals surface area contributed by atoms with Crippen LogP contribution >= 0.6 is 11.6 Å². The first-order valence-electron chi connectivity index (χ1n) is 7.86. The smallest absolute Gasteiger partial charge is 0.225 e. The number of para-hydroxylation sites is 1. The minimum atomic E-state index is 0.146. The van der Waals surface area contributed by atoms with Crippen LogP contribution in [0.5, 0.6) is 0 Å². The molecule has 0 saturated carbocycles. The average Bonchev–Trinajstić information content (AvgIpc) is 2.61. The van der Waals surface area contributed by atoms with E-state index >= 15 is 0 Å². The molecule has 2 aromatic carbocycles. The molecule has 6 heteroatoms. The van der Waals surface area contributed by atoms with E-state index in [-0.39, 0.29) is 6.61 Å². The van der Waals surface area contributed by atoms with Crippen molar-refractivity contribution >= 4 is 34.3 Å². The summed E-state index contributed by atoms with van der Waals surface area (Å²) in [6.45, 7) is 1.35. The third kappa shape index (κ3) is 3.93. The summed E-state index contributed by atoms with van der Waals surface area (Å²) < 4.78 is 0. The number of anilines is 2. The maximum Gasteiger partial charge on any atom is 0.225 e. The predicted molar refractivity (Wildman–Crippen MR) is 98.5 cm³/mol. The van der Waals surface area contributed by atoms with Gasteiger partial charge in [0.05, 0.1) is 5.52 Å². The maximum atomic E-state index is 8.95. The van der Waals surface area contributed by atoms with Gasteiger partial charge >= 0.3 is 0 Å². The molecule has 0 aliphatic carbocycles. The van der Waals surface area contributed by atoms with Crippen molar-refractivity contribution in [3.05, 3.63) is 59.1 Å². The fourth-order valence-electron chi connectivity index (χ4n) is 2.39. The second kappa shape index (κ2) is 7.95. The lowest BCUT2D eigenvalue weighted by Crippen LogP contribution is -2.09. The van der Waals surface area contributed by atoms with E-state index in [9.17, 15) is 0 Å². The molecule has 0 amide bonds. The molecule has 0 bridgehead atoms. The van der Waals surface area contributed by atoms with Crippen molar-refractivity contribution in [3.8, 4) is 0 Å². The zero-order valence-electron chi connectivity index (χ0n) is 13.2. The summed E-state index contributed by atoms with van der Waals surface area (Å²) in [6, 6.07) is 15.5. The van der Waals surface area contributed by atoms with E-state index in [2.05, 4.69) is 20.6 Å². The van der Waals surface area contributed by atoms with E-state index in [4.69, 9.17) is 16.7 Å². The van der Waals surface area contributed by atoms with Crippen molar-refractivity contribution in [2.75, 3.05) is 23.8 Å². The van der Waals surface area contributed by atoms with Gasteiger partial charge in [-0.05, 0) is 30.2 Å². The molecule has 24 heavy (non-hydrogen) atoms. The van der Waals surface area contributed by atoms with Crippen molar-refractivity contribution < 1.29 is 5.11 Å². The first-order chi connectivity index (χ1) is 11.8. The molecule has 3 N–H and O–H groups in total. The highest BCUT2D eigenvalue weighted by molar-refractivity contribution is 6.31. The fraction of sp³-hybridized carbons (Fsp3) is 0.222. The van der Waals surface area contributed by atoms with Gasteiger partial charge in [-0.15, -0.1) is 0 Å². The van der Waals surface area contributed by atoms with Gasteiger partial charge in [-0.1, -0.05) is 41.9 Å². The molecular weight excluding hydrogens is 324 g/mol. The van der Waals surface area contributed by atoms with Crippen LogP contribution in [-0.2, 0) is 6.54 Å². The molecule has 0 spiro atoms. The van der Waals surface area contributed by atoms with Crippen molar-refractivity contribution in [3.63, 3.8) is 0 Å². The van der Waals surface area contributed by atoms with Gasteiger partial charge in [0.15, 0.2) is 0 Å². The van der Waals surface area contributed by atoms with Gasteiger partial charge in [-0.25, -0.2) is 4.98 Å². The van der Waals surface area contributed by atoms with Gasteiger partial charge < -0.3 is 15.7 Å². The quantitative estimate of drug-likeness (QED) is 0.571. The number of aliphatic hydroxyl groups excluding tert-OH is 1. The first-order valence-corrected chi connectivity index (χ1v) is 8.24. The lowest BCUT2D eigenvalue weighted by atomic mass is 10.2. The van der Waals surface area contributed by atoms with Crippen LogP contribution in [0.2, 0.25) is 5.02 Å². The van der Waals surface area contributed by atoms with Crippen LogP contribution in [0.3, 0.4) is 0 Å². The molecule has 0 unspecified atom stereocenters. The van der Waals surface area contributed by atoms with Gasteiger partial charge in [-0.2, -0.15) is 4.98 Å². The molecule has 0 radical (unpaired) electrons. The number of benzene rings is 2. The number of aliphatic hydroxyl groups is 1. The van der Waals surface area contributed by atoms with Crippen molar-refractivity contribution in [1.82, 2.24) is 9.97 Å². The number of rotatable bonds is 7. The minimum Gasteiger partial charge on any atom is -0.396 e. The summed E-state index contributed by atoms with van der Waals surface area (Å²) in [5.74, 6) is 1.30. The zero-order chi connectivity index (χ0) is 16.8. The molecule has 5 nitrogen and oxygen atoms in total. The monoisotopic (exact) mass is 342 g/mol. The SMILES string of the molecule is OCCCNc1nc(NCc2ccccc2Cl)nc2ccccc12. The highest BCUT2D eigenvalue weighted by Gasteiger charge is 2.07. The number of halogens is 1. The van der Waals surface area contributed by atoms with E-state index in [1.807, 2.05) is 48.5 Å². The van der Waals surface area contributed by atoms with E-state index in [0.717, 1.165) is 22.3 Å². The van der Waals surface area contributed by atoms with Crippen molar-refractivity contribution in [1.29, 1.82) is 0 Å². The Balaban J connectivity index is 1.83. The van der Waals surface area contributed by atoms with E-state index in [1.165, 1.54) is 0 Å². The Labute approximate surface area is 145 Å². The van der Waals surface area contributed by atoms with Gasteiger partial charge in [0.25, 0.3) is 0 Å². The number of hydrogen-bond acceptors (Lipinski definition) is 5. The summed E-state index contributed by atoms with van der Waals surface area (Å²) in [4.78, 5) is 9.11. The van der Waals surface area contributed by atoms with Crippen LogP contribution in [0.1, 0.15) is 12.0 Å². The Morgan fingerprint density at radius 2 is 1.75 bits per heavy atom. The van der Waals surface area contributed by atoms with Crippen LogP contribution in [0.25, 0.3) is 10.9 Å². The van der Waals surface area contributed by atoms with Crippen LogP contribution in [0.4, 0.5) is 11.8 Å². The molecule has 0 saturated heterocycles. The second-order valence-corrected chi connectivity index (χ2v) is 5.77. The lowest BCUT2D eigenvalue weighted by molar-refractivity contribution is 0.292. The van der Waals surface area contributed by atoms with E-state index < -0.39 is 0 Å². The van der Waals surface area contributed by atoms with Gasteiger partial charge in [0, 0.05) is 30.1 Å². The summed E-state index contributed by atoms with van der Waals surface area (Å²) in [5, 5.41) is 17.1. The zero-order valence-corrected chi connectivity index (χ0v) is 13.9. The Hall–Kier alpha value is -2.37. The maximum absolute atomic E-state index is 8.95. The Kier molecular flexibility index (Phi) is 5.46. The largest absolute Gasteiger partial charge is 0.396 e. The number of fused-ring (bicyclic) bond motifs is 1. The van der Waals surface area contributed by atoms with E-state index in [0.29, 0.717) is 30.5 Å². The molecule has 124 valence electrons. The van der Waals surface area contributed by atoms with Gasteiger partial charge in [-0.3, -0.25) is 0 Å². The Morgan fingerprint density at radius 3 is 2.58 bits per heavy atom. The lowest BCUT2D eigenvalue weighted by Gasteiger charge is -2.12. The normalized spacial score (nSPS) is 10.8. The topological polar surface area (TPSA) is 70.1 Å². The van der Waals surface area contributed by atoms with Crippen LogP contribution in [-0.4, -0.2) is 28.2 Å². The highest BCUT2D eigenvalue weighted by Crippen LogP contribution is 2.22. The number of hydrogen-bond donors (Lipinski definition) is 3. The summed E-state index contributed by atoms with van der Waals surface area (Å²) in [5.41, 5.74) is 1.85. The third-order valence-electron chi connectivity index (χ3n) is 3.63. The van der Waals surface area contributed by atoms with Crippen molar-refractivity contribution in [2.45, 2.75) is 13.0 Å². The first kappa shape index (κ1) is 16.5. The molecule has 0 aliphatic rings. The second-order valence-electron chi connectivity index (χ2n) is 5.36. The Morgan fingerprint density at radius 1 is 0.958 bits per heavy atom. The molecule has 0 aliphatic heterocycles. The summed E-state index contributed by atoms with van der Waals surface area (Å²) in [6.07, 6.45) is 0.667. The van der Waals surface area contributed by atoms with Crippen LogP contribution in [0, 0.1) is 0 Å². The molecule has 0 atom stereocenters. The van der Waals surface area contributed by atoms with Crippen LogP contribution < -0.4 is 10.6 Å². The Bertz CT molecular complexity index is 825. The number of nitrogens with one attached hydrogen (secondary N) is 2. The number of nitrogens with zero attached hydrogens (tertiary/aromatic N) is 2. The predicted octanol–water partition coefficient (Wildman–Crippen LogP) is 3.69. The standard InChI is InChI=1S/C18H19ClN4O/c19-15-8-3-1-6-13(15)12-21-18-22-16-9-4-2-7-14(16)17(23-18)20-10-5-11-24/h1-4,6-9,24H,5,10-12H2,(H2,20,21,22,23). The van der Waals surface area contributed by atoms with Gasteiger partial charge in [0.2, 0.25) is 5.95 Å². The molecule has 0 fully saturated rings. The molecular formula is C18H19ClN4O. The van der Waals surface area contributed by atoms with Crippen molar-refractivity contribution in [2.24, 2.45) is 0 Å².